The van der Waals surface area contributed by atoms with Gasteiger partial charge in [0.1, 0.15) is 0 Å². The molecule has 0 aliphatic heterocycles. The monoisotopic (exact) mass is 270 g/mol. The molecule has 1 aromatic rings. The third kappa shape index (κ3) is 4.46. The van der Waals surface area contributed by atoms with Crippen LogP contribution in [0.3, 0.4) is 0 Å². The lowest BCUT2D eigenvalue weighted by Gasteiger charge is -2.19. The largest absolute Gasteiger partial charge is 0.395 e. The fourth-order valence-electron chi connectivity index (χ4n) is 1.52. The minimum atomic E-state index is -0.150. The molecule has 1 rings (SSSR count). The van der Waals surface area contributed by atoms with Crippen molar-refractivity contribution in [3.8, 4) is 0 Å². The second-order valence-corrected chi connectivity index (χ2v) is 4.63. The molecule has 2 N–H and O–H groups in total. The molecule has 5 nitrogen and oxygen atoms in total. The highest BCUT2D eigenvalue weighted by Crippen LogP contribution is 2.07. The Bertz CT molecular complexity index is 379. The smallest absolute Gasteiger partial charge is 0.261 e. The molecular formula is C12H18N2O3S. The van der Waals surface area contributed by atoms with E-state index in [2.05, 4.69) is 5.32 Å². The number of aliphatic hydroxyl groups excluding tert-OH is 1. The van der Waals surface area contributed by atoms with E-state index in [1.165, 1.54) is 11.3 Å². The number of likely N-dealkylation sites (N-methyl/N-ethyl adjacent to an activating group) is 1. The van der Waals surface area contributed by atoms with Crippen molar-refractivity contribution in [2.24, 2.45) is 0 Å². The highest BCUT2D eigenvalue weighted by Gasteiger charge is 2.11. The minimum Gasteiger partial charge on any atom is -0.395 e. The van der Waals surface area contributed by atoms with E-state index in [0.717, 1.165) is 0 Å². The van der Waals surface area contributed by atoms with Crippen LogP contribution in [0, 0.1) is 0 Å². The number of carbonyl (C=O) groups is 2. The van der Waals surface area contributed by atoms with E-state index in [1.807, 2.05) is 18.4 Å². The predicted octanol–water partition coefficient (Wildman–Crippen LogP) is 0.709. The Labute approximate surface area is 110 Å². The number of hydrogen-bond donors (Lipinski definition) is 2. The fraction of sp³-hybridized carbons (Fsp3) is 0.500. The van der Waals surface area contributed by atoms with E-state index in [0.29, 0.717) is 24.5 Å². The molecule has 18 heavy (non-hydrogen) atoms. The number of aliphatic hydroxyl groups is 1. The van der Waals surface area contributed by atoms with Gasteiger partial charge >= 0.3 is 0 Å². The van der Waals surface area contributed by atoms with Crippen molar-refractivity contribution in [3.05, 3.63) is 22.4 Å². The van der Waals surface area contributed by atoms with Crippen molar-refractivity contribution in [1.29, 1.82) is 0 Å². The van der Waals surface area contributed by atoms with E-state index in [1.54, 1.807) is 11.0 Å². The quantitative estimate of drug-likeness (QED) is 0.766. The van der Waals surface area contributed by atoms with Crippen molar-refractivity contribution in [3.63, 3.8) is 0 Å². The van der Waals surface area contributed by atoms with Crippen LogP contribution in [0.2, 0.25) is 0 Å². The third-order valence-electron chi connectivity index (χ3n) is 2.47. The summed E-state index contributed by atoms with van der Waals surface area (Å²) in [6.07, 6.45) is 0.255. The summed E-state index contributed by atoms with van der Waals surface area (Å²) in [5.41, 5.74) is 0. The zero-order valence-electron chi connectivity index (χ0n) is 10.4. The zero-order valence-corrected chi connectivity index (χ0v) is 11.2. The van der Waals surface area contributed by atoms with E-state index in [-0.39, 0.29) is 24.8 Å². The van der Waals surface area contributed by atoms with Gasteiger partial charge in [-0.25, -0.2) is 0 Å². The number of rotatable bonds is 7. The summed E-state index contributed by atoms with van der Waals surface area (Å²) >= 11 is 1.37. The topological polar surface area (TPSA) is 69.6 Å². The molecular weight excluding hydrogens is 252 g/mol. The summed E-state index contributed by atoms with van der Waals surface area (Å²) in [4.78, 5) is 25.5. The van der Waals surface area contributed by atoms with Gasteiger partial charge in [0.05, 0.1) is 11.5 Å². The van der Waals surface area contributed by atoms with Crippen molar-refractivity contribution < 1.29 is 14.7 Å². The normalized spacial score (nSPS) is 10.1. The SMILES string of the molecule is CCN(CCO)C(=O)CCNC(=O)c1cccs1. The molecule has 0 aliphatic carbocycles. The van der Waals surface area contributed by atoms with Gasteiger partial charge in [0.25, 0.3) is 5.91 Å². The van der Waals surface area contributed by atoms with Crippen LogP contribution in [-0.2, 0) is 4.79 Å². The Kier molecular flexibility index (Phi) is 6.38. The van der Waals surface area contributed by atoms with Gasteiger partial charge in [-0.15, -0.1) is 11.3 Å². The summed E-state index contributed by atoms with van der Waals surface area (Å²) < 4.78 is 0. The molecule has 2 amide bonds. The first kappa shape index (κ1) is 14.7. The van der Waals surface area contributed by atoms with E-state index in [9.17, 15) is 9.59 Å². The van der Waals surface area contributed by atoms with Crippen LogP contribution in [0.1, 0.15) is 23.0 Å². The lowest BCUT2D eigenvalue weighted by atomic mass is 10.3. The van der Waals surface area contributed by atoms with E-state index >= 15 is 0 Å². The lowest BCUT2D eigenvalue weighted by molar-refractivity contribution is -0.131. The Morgan fingerprint density at radius 1 is 1.50 bits per heavy atom. The van der Waals surface area contributed by atoms with Crippen molar-refractivity contribution in [2.75, 3.05) is 26.2 Å². The number of thiophene rings is 1. The van der Waals surface area contributed by atoms with Crippen LogP contribution < -0.4 is 5.32 Å². The molecule has 0 saturated carbocycles. The zero-order chi connectivity index (χ0) is 13.4. The van der Waals surface area contributed by atoms with Gasteiger partial charge in [-0.05, 0) is 18.4 Å². The van der Waals surface area contributed by atoms with Gasteiger partial charge in [0.2, 0.25) is 5.91 Å². The molecule has 0 fully saturated rings. The summed E-state index contributed by atoms with van der Waals surface area (Å²) in [7, 11) is 0. The molecule has 0 aromatic carbocycles. The molecule has 100 valence electrons. The number of carbonyl (C=O) groups excluding carboxylic acids is 2. The molecule has 6 heteroatoms. The number of nitrogens with zero attached hydrogens (tertiary/aromatic N) is 1. The average molecular weight is 270 g/mol. The predicted molar refractivity (Wildman–Crippen MR) is 70.6 cm³/mol. The second kappa shape index (κ2) is 7.84. The Morgan fingerprint density at radius 2 is 2.28 bits per heavy atom. The van der Waals surface area contributed by atoms with Gasteiger partial charge < -0.3 is 15.3 Å². The summed E-state index contributed by atoms with van der Waals surface area (Å²) in [5, 5.41) is 13.3. The van der Waals surface area contributed by atoms with Crippen LogP contribution in [0.25, 0.3) is 0 Å². The highest BCUT2D eigenvalue weighted by atomic mass is 32.1. The number of nitrogens with one attached hydrogen (secondary N) is 1. The molecule has 0 saturated heterocycles. The maximum absolute atomic E-state index is 11.7. The summed E-state index contributed by atoms with van der Waals surface area (Å²) in [5.74, 6) is -0.207. The van der Waals surface area contributed by atoms with Gasteiger partial charge in [-0.3, -0.25) is 9.59 Å². The lowest BCUT2D eigenvalue weighted by Crippen LogP contribution is -2.36. The molecule has 1 aromatic heterocycles. The summed E-state index contributed by atoms with van der Waals surface area (Å²) in [6.45, 7) is 3.04. The minimum absolute atomic E-state index is 0.0405. The molecule has 0 bridgehead atoms. The molecule has 0 unspecified atom stereocenters. The van der Waals surface area contributed by atoms with Gasteiger partial charge in [-0.1, -0.05) is 6.07 Å². The maximum atomic E-state index is 11.7. The van der Waals surface area contributed by atoms with E-state index < -0.39 is 0 Å². The number of hydrogen-bond acceptors (Lipinski definition) is 4. The Morgan fingerprint density at radius 3 is 2.83 bits per heavy atom. The molecule has 0 radical (unpaired) electrons. The van der Waals surface area contributed by atoms with Gasteiger partial charge in [0, 0.05) is 26.1 Å². The van der Waals surface area contributed by atoms with Crippen LogP contribution in [-0.4, -0.2) is 48.1 Å². The molecule has 0 atom stereocenters. The first-order chi connectivity index (χ1) is 8.69. The van der Waals surface area contributed by atoms with Crippen LogP contribution in [0.4, 0.5) is 0 Å². The molecule has 0 spiro atoms. The van der Waals surface area contributed by atoms with Crippen molar-refractivity contribution in [1.82, 2.24) is 10.2 Å². The highest BCUT2D eigenvalue weighted by molar-refractivity contribution is 7.12. The third-order valence-corrected chi connectivity index (χ3v) is 3.34. The van der Waals surface area contributed by atoms with Crippen LogP contribution in [0.15, 0.2) is 17.5 Å². The first-order valence-electron chi connectivity index (χ1n) is 5.89. The van der Waals surface area contributed by atoms with Crippen LogP contribution >= 0.6 is 11.3 Å². The van der Waals surface area contributed by atoms with Crippen molar-refractivity contribution in [2.45, 2.75) is 13.3 Å². The molecule has 0 aliphatic rings. The van der Waals surface area contributed by atoms with Gasteiger partial charge in [0.15, 0.2) is 0 Å². The number of amides is 2. The first-order valence-corrected chi connectivity index (χ1v) is 6.77. The van der Waals surface area contributed by atoms with Crippen LogP contribution in [0.5, 0.6) is 0 Å². The maximum Gasteiger partial charge on any atom is 0.261 e. The van der Waals surface area contributed by atoms with Crippen molar-refractivity contribution >= 4 is 23.2 Å². The standard InChI is InChI=1S/C12H18N2O3S/c1-2-14(7-8-15)11(16)5-6-13-12(17)10-4-3-9-18-10/h3-4,9,15H,2,5-8H2,1H3,(H,13,17). The fourth-order valence-corrected chi connectivity index (χ4v) is 2.16. The Balaban J connectivity index is 2.28. The summed E-state index contributed by atoms with van der Waals surface area (Å²) in [6, 6.07) is 3.55. The second-order valence-electron chi connectivity index (χ2n) is 3.68. The van der Waals surface area contributed by atoms with Gasteiger partial charge in [-0.2, -0.15) is 0 Å². The van der Waals surface area contributed by atoms with E-state index in [4.69, 9.17) is 5.11 Å². The average Bonchev–Trinajstić information content (AvgIpc) is 2.89. The Hall–Kier alpha value is -1.40. The molecule has 1 heterocycles.